The van der Waals surface area contributed by atoms with Crippen LogP contribution in [-0.2, 0) is 11.3 Å². The summed E-state index contributed by atoms with van der Waals surface area (Å²) in [4.78, 5) is 24.1. The van der Waals surface area contributed by atoms with Gasteiger partial charge in [0.2, 0.25) is 0 Å². The number of hydrazine groups is 1. The zero-order valence-corrected chi connectivity index (χ0v) is 16.1. The maximum Gasteiger partial charge on any atom is 0.257 e. The second-order valence-electron chi connectivity index (χ2n) is 5.59. The Balaban J connectivity index is 1.71. The molecule has 0 bridgehead atoms. The molecule has 0 fully saturated rings. The number of benzene rings is 2. The summed E-state index contributed by atoms with van der Waals surface area (Å²) in [6, 6.07) is 12.7. The smallest absolute Gasteiger partial charge is 0.257 e. The Morgan fingerprint density at radius 2 is 1.75 bits per heavy atom. The molecule has 4 N–H and O–H groups in total. The molecule has 148 valence electrons. The molecule has 0 aliphatic heterocycles. The summed E-state index contributed by atoms with van der Waals surface area (Å²) in [6.45, 7) is 2.37. The first kappa shape index (κ1) is 21.1. The monoisotopic (exact) mass is 404 g/mol. The number of thiocarbonyl (C=S) groups is 1. The predicted octanol–water partition coefficient (Wildman–Crippen LogP) is 1.65. The molecule has 2 aromatic carbocycles. The molecule has 2 amide bonds. The van der Waals surface area contributed by atoms with Gasteiger partial charge >= 0.3 is 0 Å². The van der Waals surface area contributed by atoms with Gasteiger partial charge in [-0.1, -0.05) is 24.3 Å². The van der Waals surface area contributed by atoms with E-state index in [-0.39, 0.29) is 17.5 Å². The number of nitrogens with one attached hydrogen (secondary N) is 4. The molecular formula is C19H21FN4O3S. The van der Waals surface area contributed by atoms with Gasteiger partial charge in [0, 0.05) is 6.54 Å². The number of para-hydroxylation sites is 1. The van der Waals surface area contributed by atoms with Crippen molar-refractivity contribution in [3.8, 4) is 5.75 Å². The highest BCUT2D eigenvalue weighted by Crippen LogP contribution is 2.17. The van der Waals surface area contributed by atoms with Crippen LogP contribution in [0.2, 0.25) is 0 Å². The third-order valence-corrected chi connectivity index (χ3v) is 3.77. The number of carbonyl (C=O) groups is 2. The largest absolute Gasteiger partial charge is 0.493 e. The molecule has 0 aliphatic rings. The van der Waals surface area contributed by atoms with E-state index in [1.807, 2.05) is 6.92 Å². The van der Waals surface area contributed by atoms with E-state index in [2.05, 4.69) is 21.5 Å². The van der Waals surface area contributed by atoms with Crippen molar-refractivity contribution >= 4 is 29.1 Å². The van der Waals surface area contributed by atoms with Crippen molar-refractivity contribution < 1.29 is 18.7 Å². The first-order valence-corrected chi connectivity index (χ1v) is 8.97. The number of hydrogen-bond donors (Lipinski definition) is 4. The number of halogens is 1. The maximum absolute atomic E-state index is 12.9. The minimum absolute atomic E-state index is 0.186. The third kappa shape index (κ3) is 6.84. The van der Waals surface area contributed by atoms with Crippen LogP contribution < -0.4 is 26.2 Å². The molecule has 0 spiro atoms. The fourth-order valence-electron chi connectivity index (χ4n) is 2.19. The SMILES string of the molecule is CCOc1ccccc1C(=O)NCC(=O)NNC(=S)NCc1ccc(F)cc1. The lowest BCUT2D eigenvalue weighted by Crippen LogP contribution is -2.49. The highest BCUT2D eigenvalue weighted by Gasteiger charge is 2.13. The number of amides is 2. The first-order chi connectivity index (χ1) is 13.5. The van der Waals surface area contributed by atoms with E-state index in [0.29, 0.717) is 24.5 Å². The van der Waals surface area contributed by atoms with Gasteiger partial charge in [0.1, 0.15) is 11.6 Å². The van der Waals surface area contributed by atoms with Crippen molar-refractivity contribution in [3.63, 3.8) is 0 Å². The molecule has 28 heavy (non-hydrogen) atoms. The van der Waals surface area contributed by atoms with E-state index < -0.39 is 11.8 Å². The van der Waals surface area contributed by atoms with E-state index in [4.69, 9.17) is 17.0 Å². The van der Waals surface area contributed by atoms with Crippen molar-refractivity contribution in [2.45, 2.75) is 13.5 Å². The predicted molar refractivity (Wildman–Crippen MR) is 107 cm³/mol. The Morgan fingerprint density at radius 3 is 2.46 bits per heavy atom. The summed E-state index contributed by atoms with van der Waals surface area (Å²) < 4.78 is 18.2. The summed E-state index contributed by atoms with van der Waals surface area (Å²) in [5.74, 6) is -0.765. The maximum atomic E-state index is 12.9. The molecule has 2 rings (SSSR count). The van der Waals surface area contributed by atoms with Gasteiger partial charge in [0.05, 0.1) is 18.7 Å². The van der Waals surface area contributed by atoms with Crippen molar-refractivity contribution in [3.05, 3.63) is 65.5 Å². The summed E-state index contributed by atoms with van der Waals surface area (Å²) in [7, 11) is 0. The van der Waals surface area contributed by atoms with Gasteiger partial charge < -0.3 is 15.4 Å². The van der Waals surface area contributed by atoms with Gasteiger partial charge in [-0.15, -0.1) is 0 Å². The second-order valence-corrected chi connectivity index (χ2v) is 6.00. The van der Waals surface area contributed by atoms with Crippen molar-refractivity contribution in [2.75, 3.05) is 13.2 Å². The Hall–Kier alpha value is -3.20. The minimum atomic E-state index is -0.479. The normalized spacial score (nSPS) is 9.93. The fraction of sp³-hybridized carbons (Fsp3) is 0.211. The molecule has 7 nitrogen and oxygen atoms in total. The molecule has 9 heteroatoms. The summed E-state index contributed by atoms with van der Waals surface area (Å²) in [6.07, 6.45) is 0. The van der Waals surface area contributed by atoms with Gasteiger partial charge in [0.15, 0.2) is 5.11 Å². The zero-order valence-electron chi connectivity index (χ0n) is 15.3. The molecular weight excluding hydrogens is 383 g/mol. The van der Waals surface area contributed by atoms with Crippen LogP contribution in [0.4, 0.5) is 4.39 Å². The zero-order chi connectivity index (χ0) is 20.4. The molecule has 0 radical (unpaired) electrons. The van der Waals surface area contributed by atoms with Crippen LogP contribution in [0, 0.1) is 5.82 Å². The van der Waals surface area contributed by atoms with Crippen LogP contribution in [0.15, 0.2) is 48.5 Å². The molecule has 0 unspecified atom stereocenters. The van der Waals surface area contributed by atoms with Crippen LogP contribution in [0.1, 0.15) is 22.8 Å². The average molecular weight is 404 g/mol. The Kier molecular flexibility index (Phi) is 8.16. The molecule has 0 aromatic heterocycles. The van der Waals surface area contributed by atoms with Crippen molar-refractivity contribution in [1.29, 1.82) is 0 Å². The molecule has 0 saturated heterocycles. The van der Waals surface area contributed by atoms with E-state index in [1.54, 1.807) is 36.4 Å². The summed E-state index contributed by atoms with van der Waals surface area (Å²) in [5.41, 5.74) is 6.09. The number of carbonyl (C=O) groups excluding carboxylic acids is 2. The van der Waals surface area contributed by atoms with Gasteiger partial charge in [-0.3, -0.25) is 20.4 Å². The fourth-order valence-corrected chi connectivity index (χ4v) is 2.31. The average Bonchev–Trinajstić information content (AvgIpc) is 2.70. The molecule has 0 atom stereocenters. The Labute approximate surface area is 167 Å². The lowest BCUT2D eigenvalue weighted by Gasteiger charge is -2.13. The molecule has 0 saturated carbocycles. The van der Waals surface area contributed by atoms with E-state index in [9.17, 15) is 14.0 Å². The molecule has 0 heterocycles. The highest BCUT2D eigenvalue weighted by molar-refractivity contribution is 7.80. The Bertz CT molecular complexity index is 830. The molecule has 2 aromatic rings. The van der Waals surface area contributed by atoms with Crippen molar-refractivity contribution in [2.24, 2.45) is 0 Å². The highest BCUT2D eigenvalue weighted by atomic mass is 32.1. The van der Waals surface area contributed by atoms with E-state index >= 15 is 0 Å². The van der Waals surface area contributed by atoms with Gasteiger partial charge in [-0.05, 0) is 49.0 Å². The lowest BCUT2D eigenvalue weighted by molar-refractivity contribution is -0.120. The third-order valence-electron chi connectivity index (χ3n) is 3.52. The first-order valence-electron chi connectivity index (χ1n) is 8.56. The minimum Gasteiger partial charge on any atom is -0.493 e. The van der Waals surface area contributed by atoms with Crippen LogP contribution in [-0.4, -0.2) is 30.1 Å². The Morgan fingerprint density at radius 1 is 1.04 bits per heavy atom. The second kappa shape index (κ2) is 10.8. The topological polar surface area (TPSA) is 91.5 Å². The number of hydrogen-bond acceptors (Lipinski definition) is 4. The summed E-state index contributed by atoms with van der Waals surface area (Å²) >= 11 is 5.04. The van der Waals surface area contributed by atoms with Crippen molar-refractivity contribution in [1.82, 2.24) is 21.5 Å². The number of rotatable bonds is 7. The van der Waals surface area contributed by atoms with Crippen LogP contribution in [0.5, 0.6) is 5.75 Å². The van der Waals surface area contributed by atoms with E-state index in [1.165, 1.54) is 12.1 Å². The standard InChI is InChI=1S/C19H21FN4O3S/c1-2-27-16-6-4-3-5-15(16)18(26)21-12-17(25)23-24-19(28)22-11-13-7-9-14(20)10-8-13/h3-10H,2,11-12H2,1H3,(H,21,26)(H,23,25)(H2,22,24,28). The van der Waals surface area contributed by atoms with Crippen LogP contribution in [0.25, 0.3) is 0 Å². The lowest BCUT2D eigenvalue weighted by atomic mass is 10.2. The van der Waals surface area contributed by atoms with E-state index in [0.717, 1.165) is 5.56 Å². The van der Waals surface area contributed by atoms with Gasteiger partial charge in [-0.25, -0.2) is 4.39 Å². The van der Waals surface area contributed by atoms with Crippen LogP contribution >= 0.6 is 12.2 Å². The van der Waals surface area contributed by atoms with Gasteiger partial charge in [0.25, 0.3) is 11.8 Å². The van der Waals surface area contributed by atoms with Gasteiger partial charge in [-0.2, -0.15) is 0 Å². The van der Waals surface area contributed by atoms with Crippen LogP contribution in [0.3, 0.4) is 0 Å². The quantitative estimate of drug-likeness (QED) is 0.414. The number of ether oxygens (including phenoxy) is 1. The summed E-state index contributed by atoms with van der Waals surface area (Å²) in [5, 5.41) is 5.57. The molecule has 0 aliphatic carbocycles.